The van der Waals surface area contributed by atoms with Crippen molar-refractivity contribution in [2.24, 2.45) is 0 Å². The minimum absolute atomic E-state index is 0.0430. The van der Waals surface area contributed by atoms with Crippen LogP contribution in [0.25, 0.3) is 0 Å². The van der Waals surface area contributed by atoms with Gasteiger partial charge in [-0.2, -0.15) is 0 Å². The van der Waals surface area contributed by atoms with E-state index in [4.69, 9.17) is 0 Å². The molecule has 0 aliphatic rings. The second-order valence-corrected chi connectivity index (χ2v) is 6.11. The Balaban J connectivity index is 2.00. The van der Waals surface area contributed by atoms with Gasteiger partial charge in [-0.05, 0) is 48.5 Å². The van der Waals surface area contributed by atoms with E-state index in [9.17, 15) is 29.4 Å². The van der Waals surface area contributed by atoms with Gasteiger partial charge in [0, 0.05) is 11.4 Å². The lowest BCUT2D eigenvalue weighted by molar-refractivity contribution is -0.107. The summed E-state index contributed by atoms with van der Waals surface area (Å²) < 4.78 is 0. The molecule has 2 N–H and O–H groups in total. The summed E-state index contributed by atoms with van der Waals surface area (Å²) in [5.41, 5.74) is 1.05. The Morgan fingerprint density at radius 3 is 1.23 bits per heavy atom. The Labute approximate surface area is 171 Å². The van der Waals surface area contributed by atoms with Crippen molar-refractivity contribution in [2.45, 2.75) is 0 Å². The van der Waals surface area contributed by atoms with Crippen molar-refractivity contribution in [2.75, 3.05) is 9.80 Å². The number of anilines is 4. The van der Waals surface area contributed by atoms with Gasteiger partial charge in [-0.25, -0.2) is 9.59 Å². The van der Waals surface area contributed by atoms with Crippen LogP contribution in [0, 0.1) is 0 Å². The number of nitrogens with zero attached hydrogens (tertiary/aromatic N) is 2. The van der Waals surface area contributed by atoms with Gasteiger partial charge in [-0.1, -0.05) is 24.3 Å². The molecule has 0 radical (unpaired) electrons. The summed E-state index contributed by atoms with van der Waals surface area (Å²) in [5, 5.41) is 18.7. The van der Waals surface area contributed by atoms with Crippen LogP contribution >= 0.6 is 0 Å². The first-order chi connectivity index (χ1) is 14.5. The molecule has 0 aromatic heterocycles. The van der Waals surface area contributed by atoms with Crippen molar-refractivity contribution >= 4 is 47.5 Å². The van der Waals surface area contributed by atoms with Gasteiger partial charge in [0.2, 0.25) is 12.8 Å². The van der Waals surface area contributed by atoms with Gasteiger partial charge < -0.3 is 10.2 Å². The summed E-state index contributed by atoms with van der Waals surface area (Å²) in [7, 11) is 0. The average molecular weight is 404 g/mol. The fourth-order valence-electron chi connectivity index (χ4n) is 3.02. The molecule has 8 heteroatoms. The SMILES string of the molecule is O=CN(c1ccc(N(C=O)c2ccccc2C(=O)O)cc1)c1ccccc1C(=O)O. The first-order valence-corrected chi connectivity index (χ1v) is 8.71. The van der Waals surface area contributed by atoms with Crippen LogP contribution in [0.4, 0.5) is 22.7 Å². The van der Waals surface area contributed by atoms with Crippen molar-refractivity contribution in [3.8, 4) is 0 Å². The van der Waals surface area contributed by atoms with Crippen molar-refractivity contribution in [3.05, 3.63) is 83.9 Å². The second kappa shape index (κ2) is 8.70. The first-order valence-electron chi connectivity index (χ1n) is 8.71. The molecule has 0 spiro atoms. The third-order valence-corrected chi connectivity index (χ3v) is 4.40. The molecule has 0 aliphatic heterocycles. The zero-order valence-corrected chi connectivity index (χ0v) is 15.5. The lowest BCUT2D eigenvalue weighted by atomic mass is 10.1. The van der Waals surface area contributed by atoms with E-state index in [1.807, 2.05) is 0 Å². The summed E-state index contributed by atoms with van der Waals surface area (Å²) >= 11 is 0. The van der Waals surface area contributed by atoms with Crippen molar-refractivity contribution in [3.63, 3.8) is 0 Å². The molecular weight excluding hydrogens is 388 g/mol. The largest absolute Gasteiger partial charge is 0.478 e. The van der Waals surface area contributed by atoms with Crippen molar-refractivity contribution in [1.82, 2.24) is 0 Å². The normalized spacial score (nSPS) is 10.1. The van der Waals surface area contributed by atoms with E-state index < -0.39 is 11.9 Å². The van der Waals surface area contributed by atoms with E-state index in [1.165, 1.54) is 58.3 Å². The Morgan fingerprint density at radius 2 is 0.933 bits per heavy atom. The van der Waals surface area contributed by atoms with Gasteiger partial charge in [0.15, 0.2) is 0 Å². The van der Waals surface area contributed by atoms with Crippen LogP contribution in [-0.4, -0.2) is 35.0 Å². The van der Waals surface area contributed by atoms with Crippen LogP contribution in [0.3, 0.4) is 0 Å². The number of carboxylic acids is 2. The maximum Gasteiger partial charge on any atom is 0.337 e. The standard InChI is InChI=1S/C22H16N2O6/c25-13-23(19-7-3-1-5-17(19)21(27)28)15-9-11-16(12-10-15)24(14-26)20-8-4-2-6-18(20)22(29)30/h1-14H,(H,27,28)(H,29,30). The number of carbonyl (C=O) groups is 4. The highest BCUT2D eigenvalue weighted by Gasteiger charge is 2.19. The van der Waals surface area contributed by atoms with Crippen LogP contribution in [0.1, 0.15) is 20.7 Å². The molecule has 30 heavy (non-hydrogen) atoms. The molecule has 3 aromatic carbocycles. The molecule has 0 saturated carbocycles. The van der Waals surface area contributed by atoms with Crippen molar-refractivity contribution < 1.29 is 29.4 Å². The highest BCUT2D eigenvalue weighted by molar-refractivity contribution is 6.02. The minimum atomic E-state index is -1.17. The highest BCUT2D eigenvalue weighted by atomic mass is 16.4. The topological polar surface area (TPSA) is 115 Å². The molecule has 0 bridgehead atoms. The zero-order valence-electron chi connectivity index (χ0n) is 15.5. The molecule has 0 saturated heterocycles. The lowest BCUT2D eigenvalue weighted by Gasteiger charge is -2.22. The molecule has 2 amide bonds. The van der Waals surface area contributed by atoms with E-state index in [0.717, 1.165) is 0 Å². The van der Waals surface area contributed by atoms with Crippen LogP contribution in [0.15, 0.2) is 72.8 Å². The van der Waals surface area contributed by atoms with Gasteiger partial charge in [-0.15, -0.1) is 0 Å². The van der Waals surface area contributed by atoms with E-state index in [1.54, 1.807) is 24.3 Å². The van der Waals surface area contributed by atoms with Gasteiger partial charge in [0.25, 0.3) is 0 Å². The Bertz CT molecular complexity index is 1020. The quantitative estimate of drug-likeness (QED) is 0.554. The Morgan fingerprint density at radius 1 is 0.600 bits per heavy atom. The predicted octanol–water partition coefficient (Wildman–Crippen LogP) is 3.67. The second-order valence-electron chi connectivity index (χ2n) is 6.11. The summed E-state index contributed by atoms with van der Waals surface area (Å²) in [6.45, 7) is 0. The fourth-order valence-corrected chi connectivity index (χ4v) is 3.02. The molecule has 8 nitrogen and oxygen atoms in total. The predicted molar refractivity (Wildman–Crippen MR) is 110 cm³/mol. The number of carboxylic acid groups (broad SMARTS) is 2. The summed E-state index contributed by atoms with van der Waals surface area (Å²) in [6.07, 6.45) is 0.988. The number of carbonyl (C=O) groups excluding carboxylic acids is 2. The van der Waals surface area contributed by atoms with Crippen LogP contribution < -0.4 is 9.80 Å². The van der Waals surface area contributed by atoms with Gasteiger partial charge >= 0.3 is 11.9 Å². The van der Waals surface area contributed by atoms with Gasteiger partial charge in [0.1, 0.15) is 0 Å². The molecule has 3 aromatic rings. The number of hydrogen-bond donors (Lipinski definition) is 2. The van der Waals surface area contributed by atoms with Crippen LogP contribution in [-0.2, 0) is 9.59 Å². The van der Waals surface area contributed by atoms with Gasteiger partial charge in [0.05, 0.1) is 22.5 Å². The number of hydrogen-bond acceptors (Lipinski definition) is 4. The Kier molecular flexibility index (Phi) is 5.88. The Hall–Kier alpha value is -4.46. The molecule has 0 heterocycles. The number of amides is 2. The molecule has 150 valence electrons. The maximum absolute atomic E-state index is 11.7. The highest BCUT2D eigenvalue weighted by Crippen LogP contribution is 2.32. The minimum Gasteiger partial charge on any atom is -0.478 e. The molecule has 0 unspecified atom stereocenters. The maximum atomic E-state index is 11.7. The number of aromatic carboxylic acids is 2. The third-order valence-electron chi connectivity index (χ3n) is 4.40. The van der Waals surface area contributed by atoms with Gasteiger partial charge in [-0.3, -0.25) is 19.4 Å². The van der Waals surface area contributed by atoms with Crippen LogP contribution in [0.2, 0.25) is 0 Å². The monoisotopic (exact) mass is 404 g/mol. The summed E-state index contributed by atoms with van der Waals surface area (Å²) in [5.74, 6) is -2.35. The molecular formula is C22H16N2O6. The summed E-state index contributed by atoms with van der Waals surface area (Å²) in [4.78, 5) is 48.7. The average Bonchev–Trinajstić information content (AvgIpc) is 2.76. The number of para-hydroxylation sites is 2. The van der Waals surface area contributed by atoms with E-state index in [0.29, 0.717) is 24.2 Å². The summed E-state index contributed by atoms with van der Waals surface area (Å²) in [6, 6.07) is 18.3. The molecule has 0 fully saturated rings. The third kappa shape index (κ3) is 3.88. The molecule has 0 aliphatic carbocycles. The smallest absolute Gasteiger partial charge is 0.337 e. The zero-order chi connectivity index (χ0) is 21.7. The molecule has 0 atom stereocenters. The van der Waals surface area contributed by atoms with E-state index in [2.05, 4.69) is 0 Å². The number of benzene rings is 3. The van der Waals surface area contributed by atoms with E-state index >= 15 is 0 Å². The molecule has 3 rings (SSSR count). The van der Waals surface area contributed by atoms with Crippen molar-refractivity contribution in [1.29, 1.82) is 0 Å². The van der Waals surface area contributed by atoms with E-state index in [-0.39, 0.29) is 22.5 Å². The fraction of sp³-hybridized carbons (Fsp3) is 0. The number of rotatable bonds is 8. The lowest BCUT2D eigenvalue weighted by Crippen LogP contribution is -2.19. The van der Waals surface area contributed by atoms with Crippen LogP contribution in [0.5, 0.6) is 0 Å². The first kappa shape index (κ1) is 20.3.